The van der Waals surface area contributed by atoms with Gasteiger partial charge in [0.15, 0.2) is 15.8 Å². The average Bonchev–Trinajstić information content (AvgIpc) is 3.01. The van der Waals surface area contributed by atoms with Crippen LogP contribution in [0.5, 0.6) is 11.5 Å². The number of amides is 1. The van der Waals surface area contributed by atoms with E-state index < -0.39 is 0 Å². The van der Waals surface area contributed by atoms with Crippen LogP contribution in [0.25, 0.3) is 0 Å². The Hall–Kier alpha value is -2.00. The van der Waals surface area contributed by atoms with E-state index in [4.69, 9.17) is 15.2 Å². The number of aromatic nitrogens is 2. The lowest BCUT2D eigenvalue weighted by atomic mass is 10.1. The molecule has 7 nitrogen and oxygen atoms in total. The number of ether oxygens (including phenoxy) is 2. The lowest BCUT2D eigenvalue weighted by molar-refractivity contribution is -0.117. The summed E-state index contributed by atoms with van der Waals surface area (Å²) < 4.78 is 11.2. The number of nitrogens with zero attached hydrogens (tertiary/aromatic N) is 2. The van der Waals surface area contributed by atoms with Crippen molar-refractivity contribution in [1.29, 1.82) is 0 Å². The van der Waals surface area contributed by atoms with Crippen LogP contribution in [-0.4, -0.2) is 42.1 Å². The number of nitrogens with two attached hydrogens (primary N) is 1. The second-order valence-electron chi connectivity index (χ2n) is 4.90. The van der Waals surface area contributed by atoms with Gasteiger partial charge < -0.3 is 20.5 Å². The quantitative estimate of drug-likeness (QED) is 0.654. The van der Waals surface area contributed by atoms with E-state index in [1.165, 1.54) is 23.1 Å². The molecular formula is C15H20N4O3S2. The first-order valence-corrected chi connectivity index (χ1v) is 8.97. The van der Waals surface area contributed by atoms with Gasteiger partial charge in [0.2, 0.25) is 11.0 Å². The van der Waals surface area contributed by atoms with Gasteiger partial charge in [0.05, 0.1) is 19.5 Å². The highest BCUT2D eigenvalue weighted by Crippen LogP contribution is 2.29. The van der Waals surface area contributed by atoms with Crippen molar-refractivity contribution in [1.82, 2.24) is 10.2 Å². The Bertz CT molecular complexity index is 693. The maximum Gasteiger partial charge on any atom is 0.230 e. The minimum Gasteiger partial charge on any atom is -0.493 e. The summed E-state index contributed by atoms with van der Waals surface area (Å²) in [6.07, 6.45) is 0.806. The molecule has 1 atom stereocenters. The SMILES string of the molecule is COc1ccc(CCNc2nnc(S[C@H](C)C(N)=O)s2)cc1OC. The fourth-order valence-electron chi connectivity index (χ4n) is 1.89. The molecule has 0 aliphatic carbocycles. The third-order valence-corrected chi connectivity index (χ3v) is 5.31. The molecule has 1 amide bonds. The number of carbonyl (C=O) groups is 1. The summed E-state index contributed by atoms with van der Waals surface area (Å²) >= 11 is 2.72. The van der Waals surface area contributed by atoms with Crippen molar-refractivity contribution >= 4 is 34.1 Å². The number of methoxy groups -OCH3 is 2. The zero-order valence-electron chi connectivity index (χ0n) is 13.7. The Balaban J connectivity index is 1.86. The summed E-state index contributed by atoms with van der Waals surface area (Å²) in [4.78, 5) is 11.1. The van der Waals surface area contributed by atoms with Gasteiger partial charge in [-0.1, -0.05) is 29.2 Å². The van der Waals surface area contributed by atoms with Crippen LogP contribution in [0.1, 0.15) is 12.5 Å². The van der Waals surface area contributed by atoms with E-state index in [1.54, 1.807) is 21.1 Å². The second-order valence-corrected chi connectivity index (χ2v) is 7.47. The molecule has 0 saturated heterocycles. The largest absolute Gasteiger partial charge is 0.493 e. The van der Waals surface area contributed by atoms with Gasteiger partial charge in [-0.3, -0.25) is 4.79 Å². The Labute approximate surface area is 148 Å². The first kappa shape index (κ1) is 18.3. The van der Waals surface area contributed by atoms with Crippen molar-refractivity contribution in [3.05, 3.63) is 23.8 Å². The van der Waals surface area contributed by atoms with Crippen molar-refractivity contribution in [2.45, 2.75) is 22.9 Å². The Kier molecular flexibility index (Phi) is 6.68. The van der Waals surface area contributed by atoms with Crippen LogP contribution < -0.4 is 20.5 Å². The van der Waals surface area contributed by atoms with Crippen molar-refractivity contribution in [3.8, 4) is 11.5 Å². The van der Waals surface area contributed by atoms with E-state index >= 15 is 0 Å². The van der Waals surface area contributed by atoms with Gasteiger partial charge in [-0.15, -0.1) is 10.2 Å². The zero-order valence-corrected chi connectivity index (χ0v) is 15.4. The summed E-state index contributed by atoms with van der Waals surface area (Å²) in [5.74, 6) is 1.06. The minimum absolute atomic E-state index is 0.322. The van der Waals surface area contributed by atoms with E-state index in [9.17, 15) is 4.79 Å². The van der Waals surface area contributed by atoms with Gasteiger partial charge in [-0.25, -0.2) is 0 Å². The smallest absolute Gasteiger partial charge is 0.230 e. The lowest BCUT2D eigenvalue weighted by Gasteiger charge is -2.09. The van der Waals surface area contributed by atoms with Gasteiger partial charge >= 0.3 is 0 Å². The van der Waals surface area contributed by atoms with Gasteiger partial charge in [0, 0.05) is 6.54 Å². The third kappa shape index (κ3) is 5.00. The van der Waals surface area contributed by atoms with Crippen LogP contribution in [0.4, 0.5) is 5.13 Å². The summed E-state index contributed by atoms with van der Waals surface area (Å²) in [6, 6.07) is 5.84. The van der Waals surface area contributed by atoms with Gasteiger partial charge in [0.1, 0.15) is 0 Å². The molecule has 3 N–H and O–H groups in total. The number of hydrogen-bond donors (Lipinski definition) is 2. The lowest BCUT2D eigenvalue weighted by Crippen LogP contribution is -2.22. The molecule has 0 saturated carbocycles. The zero-order chi connectivity index (χ0) is 17.5. The molecule has 0 fully saturated rings. The van der Waals surface area contributed by atoms with Crippen LogP contribution in [0.2, 0.25) is 0 Å². The highest BCUT2D eigenvalue weighted by molar-refractivity contribution is 8.02. The average molecular weight is 368 g/mol. The van der Waals surface area contributed by atoms with Crippen LogP contribution in [0, 0.1) is 0 Å². The maximum atomic E-state index is 11.1. The molecule has 2 aromatic rings. The van der Waals surface area contributed by atoms with Gasteiger partial charge in [-0.2, -0.15) is 0 Å². The fourth-order valence-corrected chi connectivity index (χ4v) is 3.76. The monoisotopic (exact) mass is 368 g/mol. The number of hydrogen-bond acceptors (Lipinski definition) is 8. The summed E-state index contributed by atoms with van der Waals surface area (Å²) in [5.41, 5.74) is 6.37. The molecule has 1 heterocycles. The van der Waals surface area contributed by atoms with E-state index in [0.717, 1.165) is 21.5 Å². The van der Waals surface area contributed by atoms with Crippen molar-refractivity contribution in [3.63, 3.8) is 0 Å². The molecule has 2 rings (SSSR count). The summed E-state index contributed by atoms with van der Waals surface area (Å²) in [5, 5.41) is 11.7. The summed E-state index contributed by atoms with van der Waals surface area (Å²) in [7, 11) is 3.23. The molecule has 0 unspecified atom stereocenters. The number of primary amides is 1. The van der Waals surface area contributed by atoms with E-state index in [-0.39, 0.29) is 11.2 Å². The summed E-state index contributed by atoms with van der Waals surface area (Å²) in [6.45, 7) is 2.46. The fraction of sp³-hybridized carbons (Fsp3) is 0.400. The molecule has 1 aromatic heterocycles. The first-order chi connectivity index (χ1) is 11.5. The number of nitrogens with one attached hydrogen (secondary N) is 1. The molecule has 0 spiro atoms. The third-order valence-electron chi connectivity index (χ3n) is 3.22. The van der Waals surface area contributed by atoms with Gasteiger partial charge in [0.25, 0.3) is 0 Å². The second kappa shape index (κ2) is 8.74. The molecule has 9 heteroatoms. The standard InChI is InChI=1S/C15H20N4O3S2/c1-9(13(16)20)23-15-19-18-14(24-15)17-7-6-10-4-5-11(21-2)12(8-10)22-3/h4-5,8-9H,6-7H2,1-3H3,(H2,16,20)(H,17,18)/t9-/m1/s1. The van der Waals surface area contributed by atoms with Crippen molar-refractivity contribution < 1.29 is 14.3 Å². The number of rotatable bonds is 9. The molecule has 1 aromatic carbocycles. The highest BCUT2D eigenvalue weighted by Gasteiger charge is 2.14. The number of benzene rings is 1. The molecule has 0 aliphatic rings. The Morgan fingerprint density at radius 1 is 1.33 bits per heavy atom. The minimum atomic E-state index is -0.363. The predicted octanol–water partition coefficient (Wildman–Crippen LogP) is 2.18. The van der Waals surface area contributed by atoms with Gasteiger partial charge in [-0.05, 0) is 31.0 Å². The topological polar surface area (TPSA) is 99.4 Å². The first-order valence-electron chi connectivity index (χ1n) is 7.27. The van der Waals surface area contributed by atoms with Crippen molar-refractivity contribution in [2.75, 3.05) is 26.1 Å². The number of thioether (sulfide) groups is 1. The molecule has 24 heavy (non-hydrogen) atoms. The van der Waals surface area contributed by atoms with Crippen LogP contribution in [0.15, 0.2) is 22.5 Å². The highest BCUT2D eigenvalue weighted by atomic mass is 32.2. The van der Waals surface area contributed by atoms with Crippen LogP contribution in [0.3, 0.4) is 0 Å². The molecule has 130 valence electrons. The van der Waals surface area contributed by atoms with Crippen molar-refractivity contribution in [2.24, 2.45) is 5.73 Å². The van der Waals surface area contributed by atoms with E-state index in [1.807, 2.05) is 18.2 Å². The van der Waals surface area contributed by atoms with Crippen LogP contribution in [-0.2, 0) is 11.2 Å². The molecule has 0 bridgehead atoms. The van der Waals surface area contributed by atoms with Crippen LogP contribution >= 0.6 is 23.1 Å². The Morgan fingerprint density at radius 2 is 2.08 bits per heavy atom. The molecular weight excluding hydrogens is 348 g/mol. The number of anilines is 1. The predicted molar refractivity (Wildman–Crippen MR) is 96.2 cm³/mol. The van der Waals surface area contributed by atoms with E-state index in [2.05, 4.69) is 15.5 Å². The van der Waals surface area contributed by atoms with E-state index in [0.29, 0.717) is 18.0 Å². The maximum absolute atomic E-state index is 11.1. The normalized spacial score (nSPS) is 11.8. The molecule has 0 radical (unpaired) electrons. The Morgan fingerprint density at radius 3 is 2.75 bits per heavy atom. The number of carbonyl (C=O) groups excluding carboxylic acids is 1. The molecule has 0 aliphatic heterocycles.